The van der Waals surface area contributed by atoms with Crippen molar-refractivity contribution in [1.82, 2.24) is 0 Å². The second kappa shape index (κ2) is 14.5. The molecule has 0 radical (unpaired) electrons. The summed E-state index contributed by atoms with van der Waals surface area (Å²) in [4.78, 5) is 11.7. The predicted molar refractivity (Wildman–Crippen MR) is 98.0 cm³/mol. The SMILES string of the molecule is CCCCCCCCCCCCCCCCC(=O)c1ccco1. The normalized spacial score (nSPS) is 11.0. The van der Waals surface area contributed by atoms with Crippen molar-refractivity contribution < 1.29 is 9.21 Å². The van der Waals surface area contributed by atoms with Crippen molar-refractivity contribution in [1.29, 1.82) is 0 Å². The van der Waals surface area contributed by atoms with E-state index in [-0.39, 0.29) is 5.78 Å². The van der Waals surface area contributed by atoms with E-state index in [2.05, 4.69) is 6.92 Å². The number of ketones is 1. The van der Waals surface area contributed by atoms with Crippen LogP contribution in [0.1, 0.15) is 114 Å². The van der Waals surface area contributed by atoms with Crippen molar-refractivity contribution >= 4 is 5.78 Å². The van der Waals surface area contributed by atoms with E-state index in [0.717, 1.165) is 6.42 Å². The minimum atomic E-state index is 0.147. The summed E-state index contributed by atoms with van der Waals surface area (Å²) in [5.41, 5.74) is 0. The molecule has 0 unspecified atom stereocenters. The molecule has 0 aliphatic rings. The van der Waals surface area contributed by atoms with Crippen LogP contribution in [0.15, 0.2) is 22.8 Å². The summed E-state index contributed by atoms with van der Waals surface area (Å²) in [6, 6.07) is 3.53. The molecule has 0 saturated heterocycles. The molecule has 1 aromatic heterocycles. The lowest BCUT2D eigenvalue weighted by molar-refractivity contribution is 0.0952. The third-order valence-corrected chi connectivity index (χ3v) is 4.55. The number of furan rings is 1. The van der Waals surface area contributed by atoms with Gasteiger partial charge in [0.15, 0.2) is 11.5 Å². The Bertz CT molecular complexity index is 367. The molecule has 0 fully saturated rings. The average molecular weight is 321 g/mol. The molecule has 2 nitrogen and oxygen atoms in total. The highest BCUT2D eigenvalue weighted by molar-refractivity contribution is 5.93. The van der Waals surface area contributed by atoms with Gasteiger partial charge in [-0.15, -0.1) is 0 Å². The number of unbranched alkanes of at least 4 members (excludes halogenated alkanes) is 13. The van der Waals surface area contributed by atoms with E-state index in [9.17, 15) is 4.79 Å². The zero-order chi connectivity index (χ0) is 16.6. The van der Waals surface area contributed by atoms with Gasteiger partial charge in [-0.1, -0.05) is 90.4 Å². The second-order valence-electron chi connectivity index (χ2n) is 6.75. The lowest BCUT2D eigenvalue weighted by Gasteiger charge is -2.03. The molecule has 0 atom stereocenters. The van der Waals surface area contributed by atoms with Gasteiger partial charge in [0.2, 0.25) is 0 Å². The molecule has 0 saturated carbocycles. The Morgan fingerprint density at radius 2 is 1.26 bits per heavy atom. The molecule has 132 valence electrons. The molecule has 0 N–H and O–H groups in total. The molecule has 0 aromatic carbocycles. The minimum Gasteiger partial charge on any atom is -0.461 e. The van der Waals surface area contributed by atoms with Gasteiger partial charge in [0.25, 0.3) is 0 Å². The maximum atomic E-state index is 11.7. The Labute approximate surface area is 143 Å². The predicted octanol–water partition coefficient (Wildman–Crippen LogP) is 7.33. The van der Waals surface area contributed by atoms with Crippen LogP contribution >= 0.6 is 0 Å². The van der Waals surface area contributed by atoms with E-state index >= 15 is 0 Å². The van der Waals surface area contributed by atoms with Crippen LogP contribution in [-0.2, 0) is 0 Å². The smallest absolute Gasteiger partial charge is 0.197 e. The van der Waals surface area contributed by atoms with E-state index in [1.807, 2.05) is 0 Å². The number of hydrogen-bond acceptors (Lipinski definition) is 2. The number of hydrogen-bond donors (Lipinski definition) is 0. The van der Waals surface area contributed by atoms with Gasteiger partial charge >= 0.3 is 0 Å². The molecule has 0 amide bonds. The van der Waals surface area contributed by atoms with E-state index < -0.39 is 0 Å². The van der Waals surface area contributed by atoms with Crippen molar-refractivity contribution in [3.8, 4) is 0 Å². The lowest BCUT2D eigenvalue weighted by atomic mass is 10.0. The maximum absolute atomic E-state index is 11.7. The van der Waals surface area contributed by atoms with Crippen LogP contribution in [0, 0.1) is 0 Å². The van der Waals surface area contributed by atoms with Crippen LogP contribution in [0.4, 0.5) is 0 Å². The summed E-state index contributed by atoms with van der Waals surface area (Å²) in [5, 5.41) is 0. The van der Waals surface area contributed by atoms with E-state index in [1.165, 1.54) is 83.5 Å². The first-order valence-corrected chi connectivity index (χ1v) is 9.91. The molecule has 23 heavy (non-hydrogen) atoms. The van der Waals surface area contributed by atoms with Crippen LogP contribution < -0.4 is 0 Å². The first-order valence-electron chi connectivity index (χ1n) is 9.91. The Morgan fingerprint density at radius 1 is 0.783 bits per heavy atom. The molecule has 0 aliphatic heterocycles. The number of carbonyl (C=O) groups excluding carboxylic acids is 1. The van der Waals surface area contributed by atoms with Crippen molar-refractivity contribution in [3.63, 3.8) is 0 Å². The van der Waals surface area contributed by atoms with Gasteiger partial charge in [0, 0.05) is 6.42 Å². The highest BCUT2D eigenvalue weighted by atomic mass is 16.3. The highest BCUT2D eigenvalue weighted by Crippen LogP contribution is 2.14. The van der Waals surface area contributed by atoms with Gasteiger partial charge in [-0.05, 0) is 18.6 Å². The third-order valence-electron chi connectivity index (χ3n) is 4.55. The van der Waals surface area contributed by atoms with Crippen LogP contribution in [0.2, 0.25) is 0 Å². The van der Waals surface area contributed by atoms with Crippen LogP contribution in [0.3, 0.4) is 0 Å². The van der Waals surface area contributed by atoms with E-state index in [1.54, 1.807) is 18.4 Å². The molecular formula is C21H36O2. The van der Waals surface area contributed by atoms with Crippen molar-refractivity contribution in [2.24, 2.45) is 0 Å². The standard InChI is InChI=1S/C21H36O2/c1-2-3-4-5-6-7-8-9-10-11-12-13-14-15-17-20(22)21-18-16-19-23-21/h16,18-19H,2-15,17H2,1H3. The van der Waals surface area contributed by atoms with Crippen molar-refractivity contribution in [3.05, 3.63) is 24.2 Å². The van der Waals surface area contributed by atoms with E-state index in [0.29, 0.717) is 12.2 Å². The summed E-state index contributed by atoms with van der Waals surface area (Å²) < 4.78 is 5.12. The van der Waals surface area contributed by atoms with Gasteiger partial charge in [0.05, 0.1) is 6.26 Å². The topological polar surface area (TPSA) is 30.2 Å². The number of Topliss-reactive ketones (excluding diaryl/α,β-unsaturated/α-hetero) is 1. The van der Waals surface area contributed by atoms with Crippen molar-refractivity contribution in [2.45, 2.75) is 103 Å². The largest absolute Gasteiger partial charge is 0.461 e. The van der Waals surface area contributed by atoms with E-state index in [4.69, 9.17) is 4.42 Å². The van der Waals surface area contributed by atoms with Gasteiger partial charge in [-0.2, -0.15) is 0 Å². The third kappa shape index (κ3) is 11.2. The molecule has 0 aliphatic carbocycles. The lowest BCUT2D eigenvalue weighted by Crippen LogP contribution is -1.96. The summed E-state index contributed by atoms with van der Waals surface area (Å²) in [5.74, 6) is 0.661. The zero-order valence-electron chi connectivity index (χ0n) is 15.2. The monoisotopic (exact) mass is 320 g/mol. The minimum absolute atomic E-state index is 0.147. The zero-order valence-corrected chi connectivity index (χ0v) is 15.2. The molecule has 1 rings (SSSR count). The van der Waals surface area contributed by atoms with Crippen LogP contribution in [0.25, 0.3) is 0 Å². The average Bonchev–Trinajstić information content (AvgIpc) is 3.09. The highest BCUT2D eigenvalue weighted by Gasteiger charge is 2.07. The molecule has 2 heteroatoms. The number of carbonyl (C=O) groups is 1. The molecule has 1 heterocycles. The Balaban J connectivity index is 1.76. The summed E-state index contributed by atoms with van der Waals surface area (Å²) >= 11 is 0. The van der Waals surface area contributed by atoms with Crippen molar-refractivity contribution in [2.75, 3.05) is 0 Å². The summed E-state index contributed by atoms with van der Waals surface area (Å²) in [6.07, 6.45) is 21.0. The summed E-state index contributed by atoms with van der Waals surface area (Å²) in [6.45, 7) is 2.27. The Hall–Kier alpha value is -1.05. The second-order valence-corrected chi connectivity index (χ2v) is 6.75. The fraction of sp³-hybridized carbons (Fsp3) is 0.762. The van der Waals surface area contributed by atoms with Gasteiger partial charge < -0.3 is 4.42 Å². The first-order chi connectivity index (χ1) is 11.3. The molecule has 0 spiro atoms. The fourth-order valence-corrected chi connectivity index (χ4v) is 3.04. The Kier molecular flexibility index (Phi) is 12.6. The van der Waals surface area contributed by atoms with Gasteiger partial charge in [0.1, 0.15) is 0 Å². The number of rotatable bonds is 16. The fourth-order valence-electron chi connectivity index (χ4n) is 3.04. The quantitative estimate of drug-likeness (QED) is 0.236. The van der Waals surface area contributed by atoms with Gasteiger partial charge in [-0.3, -0.25) is 4.79 Å². The summed E-state index contributed by atoms with van der Waals surface area (Å²) in [7, 11) is 0. The molecular weight excluding hydrogens is 284 g/mol. The molecule has 0 bridgehead atoms. The molecule has 1 aromatic rings. The van der Waals surface area contributed by atoms with Crippen LogP contribution in [-0.4, -0.2) is 5.78 Å². The van der Waals surface area contributed by atoms with Crippen LogP contribution in [0.5, 0.6) is 0 Å². The maximum Gasteiger partial charge on any atom is 0.197 e. The Morgan fingerprint density at radius 3 is 1.70 bits per heavy atom. The van der Waals surface area contributed by atoms with Gasteiger partial charge in [-0.25, -0.2) is 0 Å². The first kappa shape index (κ1) is 20.0.